The number of amides is 1. The van der Waals surface area contributed by atoms with E-state index in [4.69, 9.17) is 11.2 Å². The summed E-state index contributed by atoms with van der Waals surface area (Å²) in [6.07, 6.45) is 6.65. The van der Waals surface area contributed by atoms with Crippen LogP contribution in [-0.2, 0) is 9.53 Å². The first-order chi connectivity index (χ1) is 7.27. The van der Waals surface area contributed by atoms with Gasteiger partial charge in [0.1, 0.15) is 6.04 Å². The molecule has 1 heterocycles. The summed E-state index contributed by atoms with van der Waals surface area (Å²) in [5.74, 6) is 2.54. The van der Waals surface area contributed by atoms with Crippen LogP contribution < -0.4 is 10.6 Å². The lowest BCUT2D eigenvalue weighted by molar-refractivity contribution is -0.126. The second kappa shape index (κ2) is 6.44. The molecule has 4 nitrogen and oxygen atoms in total. The lowest BCUT2D eigenvalue weighted by Gasteiger charge is -2.25. The molecule has 0 radical (unpaired) electrons. The van der Waals surface area contributed by atoms with Crippen molar-refractivity contribution in [1.29, 1.82) is 0 Å². The number of rotatable bonds is 4. The van der Waals surface area contributed by atoms with E-state index in [1.54, 1.807) is 0 Å². The summed E-state index contributed by atoms with van der Waals surface area (Å²) in [4.78, 5) is 11.7. The van der Waals surface area contributed by atoms with Crippen LogP contribution in [0.1, 0.15) is 19.8 Å². The van der Waals surface area contributed by atoms with Gasteiger partial charge >= 0.3 is 0 Å². The fourth-order valence-electron chi connectivity index (χ4n) is 1.48. The standard InChI is InChI=1S/C11H18N2O2/c1-3-5-9(4-2)13-11(14)10-8-15-7-6-12-10/h1,9-10,12H,4-8H2,2H3,(H,13,14). The highest BCUT2D eigenvalue weighted by atomic mass is 16.5. The van der Waals surface area contributed by atoms with Gasteiger partial charge in [-0.1, -0.05) is 6.92 Å². The van der Waals surface area contributed by atoms with Gasteiger partial charge in [-0.05, 0) is 6.42 Å². The first kappa shape index (κ1) is 12.0. The minimum atomic E-state index is -0.231. The highest BCUT2D eigenvalue weighted by molar-refractivity contribution is 5.82. The lowest BCUT2D eigenvalue weighted by Crippen LogP contribution is -2.53. The smallest absolute Gasteiger partial charge is 0.239 e. The molecular formula is C11H18N2O2. The first-order valence-corrected chi connectivity index (χ1v) is 5.33. The maximum atomic E-state index is 11.7. The number of morpholine rings is 1. The molecule has 2 N–H and O–H groups in total. The van der Waals surface area contributed by atoms with Crippen molar-refractivity contribution in [3.05, 3.63) is 0 Å². The monoisotopic (exact) mass is 210 g/mol. The molecule has 15 heavy (non-hydrogen) atoms. The molecule has 1 amide bonds. The first-order valence-electron chi connectivity index (χ1n) is 5.33. The van der Waals surface area contributed by atoms with Gasteiger partial charge in [0.25, 0.3) is 0 Å². The van der Waals surface area contributed by atoms with Crippen LogP contribution in [-0.4, -0.2) is 37.7 Å². The van der Waals surface area contributed by atoms with Crippen molar-refractivity contribution in [2.45, 2.75) is 31.8 Å². The molecule has 84 valence electrons. The van der Waals surface area contributed by atoms with Gasteiger partial charge in [-0.15, -0.1) is 12.3 Å². The molecule has 4 heteroatoms. The zero-order chi connectivity index (χ0) is 11.1. The van der Waals surface area contributed by atoms with E-state index in [9.17, 15) is 4.79 Å². The van der Waals surface area contributed by atoms with Gasteiger partial charge in [-0.2, -0.15) is 0 Å². The van der Waals surface area contributed by atoms with Gasteiger partial charge < -0.3 is 15.4 Å². The third-order valence-electron chi connectivity index (χ3n) is 2.44. The van der Waals surface area contributed by atoms with Crippen molar-refractivity contribution in [2.75, 3.05) is 19.8 Å². The fourth-order valence-corrected chi connectivity index (χ4v) is 1.48. The van der Waals surface area contributed by atoms with Crippen molar-refractivity contribution < 1.29 is 9.53 Å². The van der Waals surface area contributed by atoms with E-state index < -0.39 is 0 Å². The highest BCUT2D eigenvalue weighted by Gasteiger charge is 2.22. The average molecular weight is 210 g/mol. The number of carbonyl (C=O) groups excluding carboxylic acids is 1. The van der Waals surface area contributed by atoms with Crippen molar-refractivity contribution in [3.63, 3.8) is 0 Å². The quantitative estimate of drug-likeness (QED) is 0.637. The SMILES string of the molecule is C#CCC(CC)NC(=O)C1COCCN1. The van der Waals surface area contributed by atoms with E-state index in [0.29, 0.717) is 19.6 Å². The summed E-state index contributed by atoms with van der Waals surface area (Å²) in [6, 6.07) is -0.156. The Bertz CT molecular complexity index is 241. The Morgan fingerprint density at radius 2 is 2.60 bits per heavy atom. The minimum Gasteiger partial charge on any atom is -0.378 e. The van der Waals surface area contributed by atoms with E-state index in [1.165, 1.54) is 0 Å². The van der Waals surface area contributed by atoms with Gasteiger partial charge in [0.2, 0.25) is 5.91 Å². The predicted molar refractivity (Wildman–Crippen MR) is 58.3 cm³/mol. The van der Waals surface area contributed by atoms with E-state index >= 15 is 0 Å². The van der Waals surface area contributed by atoms with Crippen LogP contribution in [0.15, 0.2) is 0 Å². The third kappa shape index (κ3) is 3.90. The van der Waals surface area contributed by atoms with Gasteiger partial charge in [-0.25, -0.2) is 0 Å². The van der Waals surface area contributed by atoms with Crippen LogP contribution in [0.25, 0.3) is 0 Å². The van der Waals surface area contributed by atoms with E-state index in [1.807, 2.05) is 6.92 Å². The highest BCUT2D eigenvalue weighted by Crippen LogP contribution is 1.99. The van der Waals surface area contributed by atoms with E-state index in [0.717, 1.165) is 13.0 Å². The number of ether oxygens (including phenoxy) is 1. The Morgan fingerprint density at radius 1 is 1.80 bits per heavy atom. The molecule has 1 aliphatic heterocycles. The second-order valence-corrected chi connectivity index (χ2v) is 3.60. The zero-order valence-electron chi connectivity index (χ0n) is 9.08. The maximum Gasteiger partial charge on any atom is 0.239 e. The largest absolute Gasteiger partial charge is 0.378 e. The summed E-state index contributed by atoms with van der Waals surface area (Å²) in [7, 11) is 0. The van der Waals surface area contributed by atoms with Crippen LogP contribution in [0.2, 0.25) is 0 Å². The molecule has 0 aliphatic carbocycles. The second-order valence-electron chi connectivity index (χ2n) is 3.60. The van der Waals surface area contributed by atoms with Crippen LogP contribution in [0.3, 0.4) is 0 Å². The Balaban J connectivity index is 2.35. The number of carbonyl (C=O) groups is 1. The molecule has 0 bridgehead atoms. The molecule has 0 saturated carbocycles. The topological polar surface area (TPSA) is 50.4 Å². The summed E-state index contributed by atoms with van der Waals surface area (Å²) >= 11 is 0. The van der Waals surface area contributed by atoms with Crippen LogP contribution in [0.5, 0.6) is 0 Å². The lowest BCUT2D eigenvalue weighted by atomic mass is 10.1. The molecule has 1 aliphatic rings. The van der Waals surface area contributed by atoms with Crippen LogP contribution in [0.4, 0.5) is 0 Å². The molecule has 0 aromatic rings. The van der Waals surface area contributed by atoms with Crippen LogP contribution in [0, 0.1) is 12.3 Å². The molecule has 2 atom stereocenters. The number of hydrogen-bond donors (Lipinski definition) is 2. The van der Waals surface area contributed by atoms with Gasteiger partial charge in [0.05, 0.1) is 13.2 Å². The predicted octanol–water partition coefficient (Wildman–Crippen LogP) is -0.107. The molecule has 1 fully saturated rings. The average Bonchev–Trinajstić information content (AvgIpc) is 2.29. The zero-order valence-corrected chi connectivity index (χ0v) is 9.08. The maximum absolute atomic E-state index is 11.7. The van der Waals surface area contributed by atoms with Crippen LogP contribution >= 0.6 is 0 Å². The molecular weight excluding hydrogens is 192 g/mol. The van der Waals surface area contributed by atoms with Crippen molar-refractivity contribution in [2.24, 2.45) is 0 Å². The minimum absolute atomic E-state index is 0.0169. The Kier molecular flexibility index (Phi) is 5.16. The third-order valence-corrected chi connectivity index (χ3v) is 2.44. The Labute approximate surface area is 90.8 Å². The fraction of sp³-hybridized carbons (Fsp3) is 0.727. The summed E-state index contributed by atoms with van der Waals surface area (Å²) in [5.41, 5.74) is 0. The molecule has 1 saturated heterocycles. The molecule has 0 aromatic carbocycles. The van der Waals surface area contributed by atoms with E-state index in [-0.39, 0.29) is 18.0 Å². The number of hydrogen-bond acceptors (Lipinski definition) is 3. The summed E-state index contributed by atoms with van der Waals surface area (Å²) in [6.45, 7) is 3.85. The van der Waals surface area contributed by atoms with Gasteiger partial charge in [-0.3, -0.25) is 4.79 Å². The number of nitrogens with one attached hydrogen (secondary N) is 2. The van der Waals surface area contributed by atoms with Gasteiger partial charge in [0.15, 0.2) is 0 Å². The molecule has 2 unspecified atom stereocenters. The molecule has 0 aromatic heterocycles. The number of terminal acetylenes is 1. The Hall–Kier alpha value is -1.05. The van der Waals surface area contributed by atoms with Gasteiger partial charge in [0, 0.05) is 19.0 Å². The van der Waals surface area contributed by atoms with E-state index in [2.05, 4.69) is 16.6 Å². The molecule has 1 rings (SSSR count). The van der Waals surface area contributed by atoms with Crippen molar-refractivity contribution in [1.82, 2.24) is 10.6 Å². The van der Waals surface area contributed by atoms with Crippen molar-refractivity contribution >= 4 is 5.91 Å². The normalized spacial score (nSPS) is 22.8. The van der Waals surface area contributed by atoms with Crippen molar-refractivity contribution in [3.8, 4) is 12.3 Å². The molecule has 0 spiro atoms. The summed E-state index contributed by atoms with van der Waals surface area (Å²) in [5, 5.41) is 6.02. The summed E-state index contributed by atoms with van der Waals surface area (Å²) < 4.78 is 5.21. The Morgan fingerprint density at radius 3 is 3.13 bits per heavy atom.